The highest BCUT2D eigenvalue weighted by Gasteiger charge is 2.61. The lowest BCUT2D eigenvalue weighted by Gasteiger charge is -2.50. The Kier molecular flexibility index (Phi) is 7.10. The first-order valence-electron chi connectivity index (χ1n) is 11.3. The molecule has 0 spiro atoms. The van der Waals surface area contributed by atoms with E-state index in [1.54, 1.807) is 0 Å². The molecule has 0 amide bonds. The number of hydrogen-bond acceptors (Lipinski definition) is 5. The molecule has 1 aliphatic carbocycles. The van der Waals surface area contributed by atoms with Gasteiger partial charge in [-0.3, -0.25) is 0 Å². The molecule has 0 saturated heterocycles. The van der Waals surface area contributed by atoms with Gasteiger partial charge in [0.05, 0.1) is 22.6 Å². The second-order valence-corrected chi connectivity index (χ2v) is 13.5. The van der Waals surface area contributed by atoms with E-state index >= 15 is 4.39 Å². The number of halogens is 5. The lowest BCUT2D eigenvalue weighted by molar-refractivity contribution is -0.137. The zero-order chi connectivity index (χ0) is 27.4. The van der Waals surface area contributed by atoms with Crippen LogP contribution in [0.1, 0.15) is 30.4 Å². The van der Waals surface area contributed by atoms with Crippen LogP contribution in [0.3, 0.4) is 0 Å². The molecule has 0 bridgehead atoms. The summed E-state index contributed by atoms with van der Waals surface area (Å²) in [6.45, 7) is -0.563. The summed E-state index contributed by atoms with van der Waals surface area (Å²) in [7, 11) is -5.92. The van der Waals surface area contributed by atoms with Crippen LogP contribution < -0.4 is 9.46 Å². The molecule has 7 nitrogen and oxygen atoms in total. The van der Waals surface area contributed by atoms with Crippen LogP contribution in [0.25, 0.3) is 0 Å². The van der Waals surface area contributed by atoms with Gasteiger partial charge in [-0.1, -0.05) is 6.42 Å². The summed E-state index contributed by atoms with van der Waals surface area (Å²) in [4.78, 5) is -0.489. The molecule has 37 heavy (non-hydrogen) atoms. The summed E-state index contributed by atoms with van der Waals surface area (Å²) < 4.78 is 129. The van der Waals surface area contributed by atoms with Crippen molar-refractivity contribution in [3.8, 4) is 5.75 Å². The highest BCUT2D eigenvalue weighted by molar-refractivity contribution is 7.92. The van der Waals surface area contributed by atoms with Crippen molar-refractivity contribution in [3.05, 3.63) is 59.2 Å². The Hall–Kier alpha value is -2.29. The lowest BCUT2D eigenvalue weighted by atomic mass is 9.67. The molecule has 1 N–H and O–H groups in total. The van der Waals surface area contributed by atoms with Crippen LogP contribution in [0.2, 0.25) is 0 Å². The number of sulfone groups is 1. The molecule has 3 atom stereocenters. The predicted octanol–water partition coefficient (Wildman–Crippen LogP) is 3.86. The average molecular weight is 569 g/mol. The Labute approximate surface area is 211 Å². The molecule has 1 fully saturated rings. The van der Waals surface area contributed by atoms with E-state index in [0.717, 1.165) is 28.6 Å². The normalized spacial score (nSPS) is 24.3. The molecule has 1 heterocycles. The minimum absolute atomic E-state index is 0.158. The maximum absolute atomic E-state index is 15.4. The molecule has 0 unspecified atom stereocenters. The Balaban J connectivity index is 1.89. The Morgan fingerprint density at radius 1 is 1.03 bits per heavy atom. The highest BCUT2D eigenvalue weighted by atomic mass is 32.2. The fourth-order valence-corrected chi connectivity index (χ4v) is 8.43. The number of hydrogen-bond donors (Lipinski definition) is 1. The third kappa shape index (κ3) is 4.61. The van der Waals surface area contributed by atoms with Gasteiger partial charge in [-0.05, 0) is 55.2 Å². The van der Waals surface area contributed by atoms with E-state index in [0.29, 0.717) is 18.6 Å². The summed E-state index contributed by atoms with van der Waals surface area (Å²) in [5.74, 6) is -4.27. The molecule has 1 saturated carbocycles. The standard InChI is InChI=1S/C23H25F5N2O5S2/c1-30(2)37(33,34)29-12-14-4-3-11-22(17(14)13-35-21-19(25)10-9-18(24)20(21)22)36(31,32)16-7-5-15(6-8-16)23(26,27)28/h5-10,14,17,29H,3-4,11-13H2,1-2H3/t14-,17-,22-/m0/s1. The molecule has 1 aliphatic heterocycles. The number of nitrogens with one attached hydrogen (secondary N) is 1. The van der Waals surface area contributed by atoms with Gasteiger partial charge in [-0.25, -0.2) is 21.9 Å². The van der Waals surface area contributed by atoms with Gasteiger partial charge >= 0.3 is 6.18 Å². The quantitative estimate of drug-likeness (QED) is 0.535. The highest BCUT2D eigenvalue weighted by Crippen LogP contribution is 2.58. The molecule has 2 aromatic rings. The smallest absolute Gasteiger partial charge is 0.416 e. The maximum atomic E-state index is 15.4. The van der Waals surface area contributed by atoms with E-state index < -0.39 is 76.2 Å². The third-order valence-corrected chi connectivity index (χ3v) is 11.2. The van der Waals surface area contributed by atoms with Crippen LogP contribution in [0.4, 0.5) is 22.0 Å². The zero-order valence-electron chi connectivity index (χ0n) is 19.8. The molecule has 4 rings (SSSR count). The fourth-order valence-electron chi connectivity index (χ4n) is 5.30. The zero-order valence-corrected chi connectivity index (χ0v) is 21.5. The van der Waals surface area contributed by atoms with Crippen LogP contribution in [0.15, 0.2) is 41.3 Å². The summed E-state index contributed by atoms with van der Waals surface area (Å²) in [6.07, 6.45) is -4.29. The topological polar surface area (TPSA) is 92.8 Å². The van der Waals surface area contributed by atoms with Gasteiger partial charge in [0.25, 0.3) is 10.2 Å². The average Bonchev–Trinajstić information content (AvgIpc) is 2.83. The summed E-state index contributed by atoms with van der Waals surface area (Å²) in [6, 6.07) is 4.42. The Morgan fingerprint density at radius 2 is 1.65 bits per heavy atom. The van der Waals surface area contributed by atoms with Gasteiger partial charge < -0.3 is 4.74 Å². The van der Waals surface area contributed by atoms with Gasteiger partial charge in [-0.2, -0.15) is 25.9 Å². The monoisotopic (exact) mass is 568 g/mol. The van der Waals surface area contributed by atoms with Crippen LogP contribution in [0.5, 0.6) is 5.75 Å². The van der Waals surface area contributed by atoms with Crippen molar-refractivity contribution in [3.63, 3.8) is 0 Å². The van der Waals surface area contributed by atoms with E-state index in [4.69, 9.17) is 4.74 Å². The van der Waals surface area contributed by atoms with Crippen molar-refractivity contribution in [2.24, 2.45) is 11.8 Å². The molecule has 14 heteroatoms. The minimum Gasteiger partial charge on any atom is -0.490 e. The van der Waals surface area contributed by atoms with Gasteiger partial charge in [0, 0.05) is 26.6 Å². The summed E-state index contributed by atoms with van der Waals surface area (Å²) in [5, 5.41) is 0. The molecule has 0 radical (unpaired) electrons. The minimum atomic E-state index is -4.71. The summed E-state index contributed by atoms with van der Waals surface area (Å²) in [5.41, 5.74) is -1.59. The maximum Gasteiger partial charge on any atom is 0.416 e. The van der Waals surface area contributed by atoms with Gasteiger partial charge in [0.15, 0.2) is 21.4 Å². The Morgan fingerprint density at radius 3 is 2.24 bits per heavy atom. The van der Waals surface area contributed by atoms with E-state index in [9.17, 15) is 34.4 Å². The van der Waals surface area contributed by atoms with Crippen molar-refractivity contribution < 1.29 is 43.5 Å². The van der Waals surface area contributed by atoms with Crippen molar-refractivity contribution in [2.45, 2.75) is 35.1 Å². The van der Waals surface area contributed by atoms with Crippen molar-refractivity contribution in [1.82, 2.24) is 9.03 Å². The SMILES string of the molecule is CN(C)S(=O)(=O)NC[C@@H]1CCC[C@@]2(S(=O)(=O)c3ccc(C(F)(F)F)cc3)c3c(F)ccc(F)c3OC[C@@H]12. The second-order valence-electron chi connectivity index (χ2n) is 9.35. The largest absolute Gasteiger partial charge is 0.490 e. The van der Waals surface area contributed by atoms with E-state index in [1.165, 1.54) is 14.1 Å². The number of fused-ring (bicyclic) bond motifs is 3. The number of rotatable bonds is 6. The van der Waals surface area contributed by atoms with E-state index in [1.807, 2.05) is 0 Å². The van der Waals surface area contributed by atoms with Crippen molar-refractivity contribution in [1.29, 1.82) is 0 Å². The first kappa shape index (κ1) is 27.7. The number of alkyl halides is 3. The first-order chi connectivity index (χ1) is 17.1. The molecule has 204 valence electrons. The second kappa shape index (κ2) is 9.47. The van der Waals surface area contributed by atoms with E-state index in [2.05, 4.69) is 4.72 Å². The third-order valence-electron chi connectivity index (χ3n) is 7.16. The summed E-state index contributed by atoms with van der Waals surface area (Å²) >= 11 is 0. The fraction of sp³-hybridized carbons (Fsp3) is 0.478. The van der Waals surface area contributed by atoms with Crippen LogP contribution >= 0.6 is 0 Å². The van der Waals surface area contributed by atoms with Gasteiger partial charge in [0.1, 0.15) is 10.6 Å². The van der Waals surface area contributed by atoms with Crippen LogP contribution in [-0.4, -0.2) is 48.4 Å². The molecule has 2 aliphatic rings. The first-order valence-corrected chi connectivity index (χ1v) is 14.3. The predicted molar refractivity (Wildman–Crippen MR) is 124 cm³/mol. The number of nitrogens with zero attached hydrogens (tertiary/aromatic N) is 1. The van der Waals surface area contributed by atoms with E-state index in [-0.39, 0.29) is 26.0 Å². The molecule has 0 aromatic heterocycles. The number of ether oxygens (including phenoxy) is 1. The molecular weight excluding hydrogens is 543 g/mol. The van der Waals surface area contributed by atoms with Crippen LogP contribution in [-0.2, 0) is 31.0 Å². The van der Waals surface area contributed by atoms with Crippen molar-refractivity contribution in [2.75, 3.05) is 27.2 Å². The lowest BCUT2D eigenvalue weighted by Crippen LogP contribution is -2.56. The number of benzene rings is 2. The molecule has 2 aromatic carbocycles. The van der Waals surface area contributed by atoms with Gasteiger partial charge in [0.2, 0.25) is 0 Å². The van der Waals surface area contributed by atoms with Crippen LogP contribution in [0, 0.1) is 23.5 Å². The van der Waals surface area contributed by atoms with Gasteiger partial charge in [-0.15, -0.1) is 0 Å². The Bertz CT molecular complexity index is 1400. The van der Waals surface area contributed by atoms with Crippen molar-refractivity contribution >= 4 is 20.0 Å². The molecular formula is C23H25F5N2O5S2.